The lowest BCUT2D eigenvalue weighted by Gasteiger charge is -2.28. The zero-order valence-electron chi connectivity index (χ0n) is 14.8. The largest absolute Gasteiger partial charge is 0.351 e. The summed E-state index contributed by atoms with van der Waals surface area (Å²) in [5, 5.41) is 5.39. The van der Waals surface area contributed by atoms with Gasteiger partial charge in [-0.1, -0.05) is 41.9 Å². The van der Waals surface area contributed by atoms with Crippen molar-refractivity contribution >= 4 is 39.9 Å². The third-order valence-corrected chi connectivity index (χ3v) is 5.92. The van der Waals surface area contributed by atoms with Crippen molar-refractivity contribution in [1.82, 2.24) is 19.6 Å². The summed E-state index contributed by atoms with van der Waals surface area (Å²) in [5.41, 5.74) is 1.96. The first kappa shape index (κ1) is 18.2. The van der Waals surface area contributed by atoms with Gasteiger partial charge < -0.3 is 5.32 Å². The molecule has 1 unspecified atom stereocenters. The number of rotatable bonds is 6. The monoisotopic (exact) mass is 400 g/mol. The van der Waals surface area contributed by atoms with Crippen molar-refractivity contribution in [2.45, 2.75) is 18.9 Å². The number of likely N-dealkylation sites (tertiary alicyclic amines) is 1. The van der Waals surface area contributed by atoms with Crippen LogP contribution in [0.3, 0.4) is 0 Å². The second-order valence-corrected chi connectivity index (χ2v) is 7.82. The number of hydrogen-bond donors (Lipinski definition) is 1. The Morgan fingerprint density at radius 3 is 2.85 bits per heavy atom. The molecule has 7 heteroatoms. The topological polar surface area (TPSA) is 49.6 Å². The quantitative estimate of drug-likeness (QED) is 0.636. The van der Waals surface area contributed by atoms with Crippen LogP contribution in [0.2, 0.25) is 5.15 Å². The number of fused-ring (bicyclic) bond motifs is 1. The van der Waals surface area contributed by atoms with Gasteiger partial charge in [0.1, 0.15) is 0 Å². The smallest absolute Gasteiger partial charge is 0.244 e. The molecule has 1 saturated heterocycles. The van der Waals surface area contributed by atoms with Crippen LogP contribution in [0.1, 0.15) is 30.1 Å². The number of benzene rings is 1. The van der Waals surface area contributed by atoms with E-state index in [9.17, 15) is 4.79 Å². The number of thiazole rings is 1. The van der Waals surface area contributed by atoms with Gasteiger partial charge in [0.2, 0.25) is 5.91 Å². The normalized spacial score (nSPS) is 16.3. The van der Waals surface area contributed by atoms with E-state index in [0.29, 0.717) is 11.7 Å². The number of nitrogens with one attached hydrogen (secondary N) is 1. The van der Waals surface area contributed by atoms with Crippen molar-refractivity contribution in [2.75, 3.05) is 19.6 Å². The summed E-state index contributed by atoms with van der Waals surface area (Å²) in [6.45, 7) is 2.74. The second kappa shape index (κ2) is 8.25. The van der Waals surface area contributed by atoms with Crippen LogP contribution in [-0.4, -0.2) is 39.8 Å². The maximum Gasteiger partial charge on any atom is 0.244 e. The summed E-state index contributed by atoms with van der Waals surface area (Å²) in [7, 11) is 0. The molecule has 1 N–H and O–H groups in total. The SMILES string of the molecule is O=C(/C=C/c1c(Cl)nc2sccn12)NCC(c1ccccc1)N1CCCC1. The van der Waals surface area contributed by atoms with E-state index in [0.717, 1.165) is 23.7 Å². The van der Waals surface area contributed by atoms with Crippen molar-refractivity contribution in [3.8, 4) is 0 Å². The van der Waals surface area contributed by atoms with E-state index >= 15 is 0 Å². The summed E-state index contributed by atoms with van der Waals surface area (Å²) >= 11 is 7.68. The van der Waals surface area contributed by atoms with E-state index in [2.05, 4.69) is 27.3 Å². The predicted octanol–water partition coefficient (Wildman–Crippen LogP) is 4.02. The fourth-order valence-corrected chi connectivity index (χ4v) is 4.53. The predicted molar refractivity (Wildman–Crippen MR) is 110 cm³/mol. The van der Waals surface area contributed by atoms with Crippen LogP contribution in [0, 0.1) is 0 Å². The number of hydrogen-bond acceptors (Lipinski definition) is 4. The number of carbonyl (C=O) groups is 1. The van der Waals surface area contributed by atoms with Crippen LogP contribution in [0.15, 0.2) is 48.0 Å². The van der Waals surface area contributed by atoms with E-state index in [1.807, 2.05) is 34.2 Å². The van der Waals surface area contributed by atoms with Crippen LogP contribution in [0.25, 0.3) is 11.0 Å². The fraction of sp³-hybridized carbons (Fsp3) is 0.300. The first-order valence-electron chi connectivity index (χ1n) is 9.08. The molecule has 1 fully saturated rings. The summed E-state index contributed by atoms with van der Waals surface area (Å²) in [4.78, 5) is 19.9. The third kappa shape index (κ3) is 4.08. The summed E-state index contributed by atoms with van der Waals surface area (Å²) in [5.74, 6) is -0.128. The highest BCUT2D eigenvalue weighted by Gasteiger charge is 2.23. The molecule has 1 aliphatic rings. The molecule has 3 heterocycles. The lowest BCUT2D eigenvalue weighted by atomic mass is 10.1. The van der Waals surface area contributed by atoms with Crippen LogP contribution < -0.4 is 5.32 Å². The van der Waals surface area contributed by atoms with E-state index in [1.54, 1.807) is 6.08 Å². The first-order valence-corrected chi connectivity index (χ1v) is 10.3. The van der Waals surface area contributed by atoms with E-state index in [-0.39, 0.29) is 11.9 Å². The molecule has 4 rings (SSSR count). The van der Waals surface area contributed by atoms with E-state index in [1.165, 1.54) is 35.8 Å². The molecule has 0 aliphatic carbocycles. The number of amides is 1. The summed E-state index contributed by atoms with van der Waals surface area (Å²) in [6.07, 6.45) is 7.58. The Labute approximate surface area is 167 Å². The van der Waals surface area contributed by atoms with Crippen molar-refractivity contribution in [1.29, 1.82) is 0 Å². The van der Waals surface area contributed by atoms with E-state index < -0.39 is 0 Å². The van der Waals surface area contributed by atoms with Crippen molar-refractivity contribution in [3.05, 3.63) is 64.4 Å². The highest BCUT2D eigenvalue weighted by Crippen LogP contribution is 2.25. The standard InChI is InChI=1S/C20H21ClN4OS/c21-19-16(25-12-13-27-20(25)23-19)8-9-18(26)22-14-17(24-10-4-5-11-24)15-6-2-1-3-7-15/h1-3,6-9,12-13,17H,4-5,10-11,14H2,(H,22,26)/b9-8+. The van der Waals surface area contributed by atoms with Crippen molar-refractivity contribution in [3.63, 3.8) is 0 Å². The van der Waals surface area contributed by atoms with Crippen molar-refractivity contribution in [2.24, 2.45) is 0 Å². The zero-order chi connectivity index (χ0) is 18.6. The summed E-state index contributed by atoms with van der Waals surface area (Å²) in [6, 6.07) is 10.6. The highest BCUT2D eigenvalue weighted by atomic mass is 35.5. The van der Waals surface area contributed by atoms with Gasteiger partial charge in [-0.25, -0.2) is 4.98 Å². The molecule has 3 aromatic rings. The second-order valence-electron chi connectivity index (χ2n) is 6.59. The number of halogens is 1. The van der Waals surface area contributed by atoms with Crippen LogP contribution in [0.4, 0.5) is 0 Å². The van der Waals surface area contributed by atoms with Crippen LogP contribution in [-0.2, 0) is 4.79 Å². The molecule has 0 radical (unpaired) electrons. The molecule has 140 valence electrons. The Bertz CT molecular complexity index is 943. The van der Waals surface area contributed by atoms with E-state index in [4.69, 9.17) is 11.6 Å². The Hall–Kier alpha value is -2.15. The number of imidazole rings is 1. The van der Waals surface area contributed by atoms with Gasteiger partial charge in [0.25, 0.3) is 0 Å². The number of carbonyl (C=O) groups excluding carboxylic acids is 1. The maximum atomic E-state index is 12.4. The zero-order valence-corrected chi connectivity index (χ0v) is 16.4. The van der Waals surface area contributed by atoms with Crippen molar-refractivity contribution < 1.29 is 4.79 Å². The van der Waals surface area contributed by atoms with Gasteiger partial charge in [-0.3, -0.25) is 14.1 Å². The summed E-state index contributed by atoms with van der Waals surface area (Å²) < 4.78 is 1.88. The molecule has 0 bridgehead atoms. The molecule has 1 aliphatic heterocycles. The first-order chi connectivity index (χ1) is 13.2. The van der Waals surface area contributed by atoms with Gasteiger partial charge in [0.15, 0.2) is 10.1 Å². The Kier molecular flexibility index (Phi) is 5.57. The molecule has 2 aromatic heterocycles. The fourth-order valence-electron chi connectivity index (χ4n) is 3.52. The minimum absolute atomic E-state index is 0.128. The van der Waals surface area contributed by atoms with Gasteiger partial charge in [0, 0.05) is 24.2 Å². The molecule has 5 nitrogen and oxygen atoms in total. The molecule has 27 heavy (non-hydrogen) atoms. The average Bonchev–Trinajstić information content (AvgIpc) is 3.40. The molecular formula is C20H21ClN4OS. The van der Waals surface area contributed by atoms with Gasteiger partial charge >= 0.3 is 0 Å². The Balaban J connectivity index is 1.43. The molecule has 1 aromatic carbocycles. The lowest BCUT2D eigenvalue weighted by molar-refractivity contribution is -0.116. The molecule has 1 atom stereocenters. The Morgan fingerprint density at radius 2 is 2.07 bits per heavy atom. The molecular weight excluding hydrogens is 380 g/mol. The highest BCUT2D eigenvalue weighted by molar-refractivity contribution is 7.15. The minimum Gasteiger partial charge on any atom is -0.351 e. The van der Waals surface area contributed by atoms with Gasteiger partial charge in [-0.15, -0.1) is 11.3 Å². The van der Waals surface area contributed by atoms with Gasteiger partial charge in [-0.05, 0) is 37.6 Å². The maximum absolute atomic E-state index is 12.4. The number of nitrogens with zero attached hydrogens (tertiary/aromatic N) is 3. The number of aromatic nitrogens is 2. The third-order valence-electron chi connectivity index (χ3n) is 4.88. The lowest BCUT2D eigenvalue weighted by Crippen LogP contribution is -2.36. The van der Waals surface area contributed by atoms with Crippen LogP contribution in [0.5, 0.6) is 0 Å². The average molecular weight is 401 g/mol. The van der Waals surface area contributed by atoms with Gasteiger partial charge in [-0.2, -0.15) is 0 Å². The van der Waals surface area contributed by atoms with Gasteiger partial charge in [0.05, 0.1) is 11.7 Å². The minimum atomic E-state index is -0.128. The van der Waals surface area contributed by atoms with Crippen LogP contribution >= 0.6 is 22.9 Å². The molecule has 1 amide bonds. The molecule has 0 spiro atoms. The molecule has 0 saturated carbocycles. The Morgan fingerprint density at radius 1 is 1.30 bits per heavy atom.